The van der Waals surface area contributed by atoms with Gasteiger partial charge in [0, 0.05) is 0 Å². The molecule has 0 unspecified atom stereocenters. The molecule has 2 nitrogen and oxygen atoms in total. The van der Waals surface area contributed by atoms with E-state index in [0.717, 1.165) is 37.6 Å². The van der Waals surface area contributed by atoms with E-state index >= 15 is 0 Å². The Labute approximate surface area is 122 Å². The Morgan fingerprint density at radius 3 is 1.30 bits per heavy atom. The molecule has 0 amide bonds. The maximum absolute atomic E-state index is 5.60. The molecule has 0 atom stereocenters. The van der Waals surface area contributed by atoms with E-state index < -0.39 is 0 Å². The summed E-state index contributed by atoms with van der Waals surface area (Å²) in [5.74, 6) is 1.86. The van der Waals surface area contributed by atoms with Gasteiger partial charge in [-0.3, -0.25) is 0 Å². The van der Waals surface area contributed by atoms with Gasteiger partial charge in [0.25, 0.3) is 0 Å². The molecule has 0 N–H and O–H groups in total. The minimum Gasteiger partial charge on any atom is -0.494 e. The van der Waals surface area contributed by atoms with Gasteiger partial charge in [0.15, 0.2) is 0 Å². The molecule has 0 aliphatic carbocycles. The second-order valence-corrected chi connectivity index (χ2v) is 4.03. The van der Waals surface area contributed by atoms with E-state index in [-0.39, 0.29) is 0 Å². The molecule has 0 fully saturated rings. The number of rotatable bonds is 7. The monoisotopic (exact) mass is 272 g/mol. The van der Waals surface area contributed by atoms with Crippen LogP contribution < -0.4 is 9.47 Å². The molecule has 0 aliphatic rings. The zero-order valence-corrected chi connectivity index (χ0v) is 12.4. The lowest BCUT2D eigenvalue weighted by Crippen LogP contribution is -2.02. The largest absolute Gasteiger partial charge is 0.494 e. The van der Waals surface area contributed by atoms with Crippen molar-refractivity contribution in [2.24, 2.45) is 0 Å². The highest BCUT2D eigenvalue weighted by molar-refractivity contribution is 5.21. The van der Waals surface area contributed by atoms with Crippen molar-refractivity contribution in [2.45, 2.75) is 26.7 Å². The summed E-state index contributed by atoms with van der Waals surface area (Å²) in [4.78, 5) is 0. The topological polar surface area (TPSA) is 18.5 Å². The molecule has 0 saturated heterocycles. The Morgan fingerprint density at radius 2 is 0.950 bits per heavy atom. The van der Waals surface area contributed by atoms with Crippen molar-refractivity contribution >= 4 is 0 Å². The Bertz CT molecular complexity index is 382. The molecule has 0 bridgehead atoms. The molecule has 0 saturated carbocycles. The van der Waals surface area contributed by atoms with Crippen LogP contribution in [0.25, 0.3) is 0 Å². The van der Waals surface area contributed by atoms with Gasteiger partial charge in [0.2, 0.25) is 0 Å². The van der Waals surface area contributed by atoms with E-state index in [1.54, 1.807) is 0 Å². The van der Waals surface area contributed by atoms with E-state index in [0.29, 0.717) is 0 Å². The number of unbranched alkanes of at least 4 members (excludes halogenated alkanes) is 1. The molecule has 0 radical (unpaired) electrons. The van der Waals surface area contributed by atoms with Crippen molar-refractivity contribution in [1.82, 2.24) is 0 Å². The molecular formula is C18H24O2. The van der Waals surface area contributed by atoms with Crippen LogP contribution in [0.2, 0.25) is 0 Å². The summed E-state index contributed by atoms with van der Waals surface area (Å²) in [6.07, 6.45) is 2.00. The summed E-state index contributed by atoms with van der Waals surface area (Å²) in [5.41, 5.74) is 0. The average Bonchev–Trinajstić information content (AvgIpc) is 2.55. The Morgan fingerprint density at radius 1 is 0.600 bits per heavy atom. The van der Waals surface area contributed by atoms with Crippen LogP contribution in [0.15, 0.2) is 60.7 Å². The first kappa shape index (κ1) is 16.1. The third-order valence-corrected chi connectivity index (χ3v) is 2.56. The van der Waals surface area contributed by atoms with Crippen molar-refractivity contribution in [3.63, 3.8) is 0 Å². The minimum absolute atomic E-state index is 0.738. The lowest BCUT2D eigenvalue weighted by atomic mass is 10.3. The average molecular weight is 272 g/mol. The van der Waals surface area contributed by atoms with Crippen LogP contribution in [0.5, 0.6) is 11.5 Å². The third kappa shape index (κ3) is 6.83. The maximum atomic E-state index is 5.60. The minimum atomic E-state index is 0.738. The summed E-state index contributed by atoms with van der Waals surface area (Å²) >= 11 is 0. The van der Waals surface area contributed by atoms with Gasteiger partial charge in [-0.1, -0.05) is 50.2 Å². The predicted molar refractivity (Wildman–Crippen MR) is 84.5 cm³/mol. The van der Waals surface area contributed by atoms with E-state index in [1.807, 2.05) is 74.5 Å². The highest BCUT2D eigenvalue weighted by Crippen LogP contribution is 2.10. The van der Waals surface area contributed by atoms with Crippen LogP contribution in [-0.2, 0) is 0 Å². The van der Waals surface area contributed by atoms with Gasteiger partial charge in [-0.2, -0.15) is 0 Å². The number of hydrogen-bond donors (Lipinski definition) is 0. The lowest BCUT2D eigenvalue weighted by molar-refractivity contribution is 0.266. The highest BCUT2D eigenvalue weighted by Gasteiger charge is 1.94. The van der Waals surface area contributed by atoms with Gasteiger partial charge < -0.3 is 9.47 Å². The van der Waals surface area contributed by atoms with Crippen LogP contribution in [0.3, 0.4) is 0 Å². The van der Waals surface area contributed by atoms with Crippen LogP contribution in [0.4, 0.5) is 0 Å². The molecule has 0 spiro atoms. The molecule has 0 aromatic heterocycles. The molecule has 2 rings (SSSR count). The van der Waals surface area contributed by atoms with E-state index in [1.165, 1.54) is 0 Å². The summed E-state index contributed by atoms with van der Waals surface area (Å²) < 4.78 is 11.2. The predicted octanol–water partition coefficient (Wildman–Crippen LogP) is 4.95. The molecule has 20 heavy (non-hydrogen) atoms. The SMILES string of the molecule is CC.c1ccc(OCCCCOc2ccccc2)cc1. The molecule has 2 aromatic rings. The summed E-state index contributed by atoms with van der Waals surface area (Å²) in [6, 6.07) is 19.8. The fourth-order valence-corrected chi connectivity index (χ4v) is 1.62. The van der Waals surface area contributed by atoms with Crippen molar-refractivity contribution in [3.05, 3.63) is 60.7 Å². The fraction of sp³-hybridized carbons (Fsp3) is 0.333. The van der Waals surface area contributed by atoms with Gasteiger partial charge in [0.1, 0.15) is 11.5 Å². The van der Waals surface area contributed by atoms with E-state index in [4.69, 9.17) is 9.47 Å². The Hall–Kier alpha value is -1.96. The number of hydrogen-bond acceptors (Lipinski definition) is 2. The molecule has 2 aromatic carbocycles. The van der Waals surface area contributed by atoms with Crippen molar-refractivity contribution in [3.8, 4) is 11.5 Å². The molecule has 108 valence electrons. The van der Waals surface area contributed by atoms with Crippen LogP contribution in [0, 0.1) is 0 Å². The number of benzene rings is 2. The summed E-state index contributed by atoms with van der Waals surface area (Å²) in [7, 11) is 0. The highest BCUT2D eigenvalue weighted by atomic mass is 16.5. The van der Waals surface area contributed by atoms with Crippen molar-refractivity contribution < 1.29 is 9.47 Å². The smallest absolute Gasteiger partial charge is 0.119 e. The first-order valence-electron chi connectivity index (χ1n) is 7.31. The summed E-state index contributed by atoms with van der Waals surface area (Å²) in [6.45, 7) is 5.48. The standard InChI is InChI=1S/C16H18O2.C2H6/c1-3-9-15(10-4-1)17-13-7-8-14-18-16-11-5-2-6-12-16;1-2/h1-6,9-12H,7-8,13-14H2;1-2H3. The van der Waals surface area contributed by atoms with Crippen LogP contribution in [-0.4, -0.2) is 13.2 Å². The zero-order valence-electron chi connectivity index (χ0n) is 12.4. The second-order valence-electron chi connectivity index (χ2n) is 4.03. The molecular weight excluding hydrogens is 248 g/mol. The second kappa shape index (κ2) is 10.9. The van der Waals surface area contributed by atoms with Crippen LogP contribution >= 0.6 is 0 Å². The van der Waals surface area contributed by atoms with Crippen molar-refractivity contribution in [1.29, 1.82) is 0 Å². The van der Waals surface area contributed by atoms with Gasteiger partial charge in [-0.25, -0.2) is 0 Å². The van der Waals surface area contributed by atoms with Gasteiger partial charge in [0.05, 0.1) is 13.2 Å². The van der Waals surface area contributed by atoms with Crippen LogP contribution in [0.1, 0.15) is 26.7 Å². The van der Waals surface area contributed by atoms with Gasteiger partial charge in [-0.15, -0.1) is 0 Å². The van der Waals surface area contributed by atoms with Gasteiger partial charge >= 0.3 is 0 Å². The zero-order chi connectivity index (χ0) is 14.5. The Kier molecular flexibility index (Phi) is 8.79. The van der Waals surface area contributed by atoms with Gasteiger partial charge in [-0.05, 0) is 37.1 Å². The first-order valence-corrected chi connectivity index (χ1v) is 7.31. The number of ether oxygens (including phenoxy) is 2. The fourth-order valence-electron chi connectivity index (χ4n) is 1.62. The maximum Gasteiger partial charge on any atom is 0.119 e. The van der Waals surface area contributed by atoms with E-state index in [2.05, 4.69) is 0 Å². The lowest BCUT2D eigenvalue weighted by Gasteiger charge is -2.07. The van der Waals surface area contributed by atoms with Crippen molar-refractivity contribution in [2.75, 3.05) is 13.2 Å². The normalized spacial score (nSPS) is 9.30. The number of para-hydroxylation sites is 2. The Balaban J connectivity index is 0.000000956. The molecule has 2 heteroatoms. The molecule has 0 aliphatic heterocycles. The van der Waals surface area contributed by atoms with E-state index in [9.17, 15) is 0 Å². The molecule has 0 heterocycles. The third-order valence-electron chi connectivity index (χ3n) is 2.56. The first-order chi connectivity index (χ1) is 9.95. The summed E-state index contributed by atoms with van der Waals surface area (Å²) in [5, 5.41) is 0. The quantitative estimate of drug-likeness (QED) is 0.664.